The van der Waals surface area contributed by atoms with Crippen molar-refractivity contribution in [3.05, 3.63) is 76.7 Å². The lowest BCUT2D eigenvalue weighted by atomic mass is 9.98. The summed E-state index contributed by atoms with van der Waals surface area (Å²) in [6.07, 6.45) is 5.70. The molecule has 2 aromatic carbocycles. The van der Waals surface area contributed by atoms with Gasteiger partial charge in [0.1, 0.15) is 11.8 Å². The zero-order valence-corrected chi connectivity index (χ0v) is 25.7. The Hall–Kier alpha value is -3.71. The van der Waals surface area contributed by atoms with Crippen LogP contribution in [-0.4, -0.2) is 63.3 Å². The van der Waals surface area contributed by atoms with E-state index in [9.17, 15) is 5.26 Å². The van der Waals surface area contributed by atoms with Crippen molar-refractivity contribution in [3.63, 3.8) is 0 Å². The van der Waals surface area contributed by atoms with Gasteiger partial charge in [-0.25, -0.2) is 4.68 Å². The van der Waals surface area contributed by atoms with E-state index in [-0.39, 0.29) is 17.6 Å². The number of nitriles is 1. The second-order valence-electron chi connectivity index (χ2n) is 12.0. The maximum Gasteiger partial charge on any atom is 0.109 e. The molecule has 220 valence electrons. The average molecular weight is 587 g/mol. The first kappa shape index (κ1) is 29.8. The zero-order valence-electron chi connectivity index (χ0n) is 24.9. The highest BCUT2D eigenvalue weighted by molar-refractivity contribution is 6.35. The summed E-state index contributed by atoms with van der Waals surface area (Å²) in [4.78, 5) is 7.03. The fraction of sp³-hybridized carbons (Fsp3) is 0.438. The molecule has 1 aliphatic rings. The van der Waals surface area contributed by atoms with Crippen molar-refractivity contribution in [1.29, 1.82) is 5.26 Å². The smallest absolute Gasteiger partial charge is 0.109 e. The molecular weight excluding hydrogens is 548 g/mol. The summed E-state index contributed by atoms with van der Waals surface area (Å²) in [6.45, 7) is 11.4. The van der Waals surface area contributed by atoms with E-state index in [2.05, 4.69) is 76.0 Å². The minimum Gasteiger partial charge on any atom is -0.383 e. The summed E-state index contributed by atoms with van der Waals surface area (Å²) in [7, 11) is 1.65. The van der Waals surface area contributed by atoms with Gasteiger partial charge < -0.3 is 15.4 Å². The molecule has 2 atom stereocenters. The molecule has 0 radical (unpaired) electrons. The van der Waals surface area contributed by atoms with E-state index in [1.165, 1.54) is 0 Å². The minimum absolute atomic E-state index is 0.0227. The van der Waals surface area contributed by atoms with Crippen molar-refractivity contribution in [2.24, 2.45) is 0 Å². The van der Waals surface area contributed by atoms with Crippen LogP contribution in [0.3, 0.4) is 0 Å². The number of ether oxygens (including phenoxy) is 1. The van der Waals surface area contributed by atoms with Crippen molar-refractivity contribution < 1.29 is 4.74 Å². The fourth-order valence-electron chi connectivity index (χ4n) is 5.66. The maximum atomic E-state index is 9.84. The molecule has 1 aliphatic heterocycles. The number of methoxy groups -OCH3 is 1. The van der Waals surface area contributed by atoms with Crippen LogP contribution >= 0.6 is 11.6 Å². The number of fused-ring (bicyclic) bond motifs is 1. The van der Waals surface area contributed by atoms with E-state index in [0.717, 1.165) is 48.3 Å². The highest BCUT2D eigenvalue weighted by Gasteiger charge is 2.29. The van der Waals surface area contributed by atoms with Gasteiger partial charge in [-0.05, 0) is 58.2 Å². The molecule has 0 aliphatic carbocycles. The first-order valence-electron chi connectivity index (χ1n) is 14.4. The summed E-state index contributed by atoms with van der Waals surface area (Å²) >= 11 is 6.78. The Morgan fingerprint density at radius 2 is 1.88 bits per heavy atom. The van der Waals surface area contributed by atoms with Crippen molar-refractivity contribution in [1.82, 2.24) is 24.9 Å². The predicted molar refractivity (Wildman–Crippen MR) is 168 cm³/mol. The molecule has 42 heavy (non-hydrogen) atoms. The van der Waals surface area contributed by atoms with Crippen LogP contribution in [0.2, 0.25) is 5.02 Å². The highest BCUT2D eigenvalue weighted by atomic mass is 35.5. The van der Waals surface area contributed by atoms with E-state index in [0.29, 0.717) is 34.4 Å². The minimum atomic E-state index is -0.265. The first-order chi connectivity index (χ1) is 20.2. The van der Waals surface area contributed by atoms with Crippen LogP contribution in [0.25, 0.3) is 10.9 Å². The van der Waals surface area contributed by atoms with Crippen LogP contribution in [-0.2, 0) is 4.74 Å². The highest BCUT2D eigenvalue weighted by Crippen LogP contribution is 2.36. The quantitative estimate of drug-likeness (QED) is 0.231. The first-order valence-corrected chi connectivity index (χ1v) is 14.8. The second-order valence-corrected chi connectivity index (χ2v) is 12.4. The number of anilines is 2. The number of rotatable bonds is 9. The van der Waals surface area contributed by atoms with Crippen LogP contribution in [0.15, 0.2) is 54.9 Å². The van der Waals surface area contributed by atoms with Crippen LogP contribution in [0.1, 0.15) is 69.4 Å². The third-order valence-corrected chi connectivity index (χ3v) is 8.20. The van der Waals surface area contributed by atoms with Crippen molar-refractivity contribution in [2.75, 3.05) is 37.4 Å². The molecule has 9 nitrogen and oxygen atoms in total. The fourth-order valence-corrected chi connectivity index (χ4v) is 5.93. The number of nitrogens with zero attached hydrogens (tertiary/aromatic N) is 6. The molecule has 4 aromatic rings. The number of piperidine rings is 1. The molecule has 0 amide bonds. The van der Waals surface area contributed by atoms with E-state index in [1.54, 1.807) is 13.3 Å². The number of benzene rings is 2. The number of nitrogens with one attached hydrogen (secondary N) is 2. The Balaban J connectivity index is 1.48. The monoisotopic (exact) mass is 586 g/mol. The van der Waals surface area contributed by atoms with E-state index in [1.807, 2.05) is 41.9 Å². The van der Waals surface area contributed by atoms with Gasteiger partial charge in [-0.1, -0.05) is 47.1 Å². The van der Waals surface area contributed by atoms with Crippen molar-refractivity contribution in [3.8, 4) is 6.07 Å². The lowest BCUT2D eigenvalue weighted by Crippen LogP contribution is -2.46. The van der Waals surface area contributed by atoms with E-state index >= 15 is 0 Å². The molecule has 0 spiro atoms. The standard InChI is InChI=1S/C32H39ClN8O/c1-21(20-42-5)36-29-23(17-34)18-35-31-26(29)15-24(16-27(31)33)37-30(22-9-7-6-8-10-22)28-19-41(39-38-28)25-11-13-40(14-12-25)32(2,3)4/h6-10,15-16,18-19,21,25,30,37H,11-14,20H2,1-5H3,(H,35,36)/t21-,30+/m1/s1. The average Bonchev–Trinajstić information content (AvgIpc) is 3.46. The van der Waals surface area contributed by atoms with Crippen molar-refractivity contribution >= 4 is 33.9 Å². The molecule has 1 saturated heterocycles. The van der Waals surface area contributed by atoms with Gasteiger partial charge in [0.25, 0.3) is 0 Å². The normalized spacial score (nSPS) is 16.2. The van der Waals surface area contributed by atoms with Crippen LogP contribution < -0.4 is 10.6 Å². The van der Waals surface area contributed by atoms with Gasteiger partial charge in [-0.3, -0.25) is 9.88 Å². The van der Waals surface area contributed by atoms with Crippen LogP contribution in [0, 0.1) is 11.3 Å². The summed E-state index contributed by atoms with van der Waals surface area (Å²) < 4.78 is 7.34. The third kappa shape index (κ3) is 6.51. The molecule has 10 heteroatoms. The lowest BCUT2D eigenvalue weighted by Gasteiger charge is -2.40. The lowest BCUT2D eigenvalue weighted by molar-refractivity contribution is 0.0866. The number of hydrogen-bond acceptors (Lipinski definition) is 8. The van der Waals surface area contributed by atoms with Gasteiger partial charge >= 0.3 is 0 Å². The number of likely N-dealkylation sites (tertiary alicyclic amines) is 1. The van der Waals surface area contributed by atoms with Gasteiger partial charge in [0, 0.05) is 49.1 Å². The number of aromatic nitrogens is 4. The van der Waals surface area contributed by atoms with E-state index in [4.69, 9.17) is 16.3 Å². The molecule has 2 N–H and O–H groups in total. The van der Waals surface area contributed by atoms with Crippen LogP contribution in [0.5, 0.6) is 0 Å². The second kappa shape index (κ2) is 12.7. The molecule has 0 bridgehead atoms. The summed E-state index contributed by atoms with van der Waals surface area (Å²) in [5.74, 6) is 0. The van der Waals surface area contributed by atoms with Gasteiger partial charge in [-0.2, -0.15) is 5.26 Å². The topological polar surface area (TPSA) is 104 Å². The van der Waals surface area contributed by atoms with Gasteiger partial charge in [0.15, 0.2) is 0 Å². The molecule has 0 unspecified atom stereocenters. The Morgan fingerprint density at radius 1 is 1.14 bits per heavy atom. The molecule has 3 heterocycles. The SMILES string of the molecule is COC[C@@H](C)Nc1c(C#N)cnc2c(Cl)cc(N[C@@H](c3ccccc3)c3cn(C4CCN(C(C)(C)C)CC4)nn3)cc12. The number of pyridine rings is 1. The van der Waals surface area contributed by atoms with Gasteiger partial charge in [0.05, 0.1) is 46.7 Å². The number of halogens is 1. The Kier molecular flexibility index (Phi) is 8.97. The van der Waals surface area contributed by atoms with Gasteiger partial charge in [-0.15, -0.1) is 5.10 Å². The maximum absolute atomic E-state index is 9.84. The van der Waals surface area contributed by atoms with E-state index < -0.39 is 0 Å². The molecule has 1 fully saturated rings. The van der Waals surface area contributed by atoms with Crippen molar-refractivity contribution in [2.45, 2.75) is 64.2 Å². The largest absolute Gasteiger partial charge is 0.383 e. The summed E-state index contributed by atoms with van der Waals surface area (Å²) in [5, 5.41) is 27.4. The summed E-state index contributed by atoms with van der Waals surface area (Å²) in [5.41, 5.74) is 4.58. The Labute approximate surface area is 252 Å². The number of hydrogen-bond donors (Lipinski definition) is 2. The summed E-state index contributed by atoms with van der Waals surface area (Å²) in [6, 6.07) is 16.3. The molecule has 5 rings (SSSR count). The molecular formula is C32H39ClN8O. The molecule has 0 saturated carbocycles. The predicted octanol–water partition coefficient (Wildman–Crippen LogP) is 6.44. The molecule has 2 aromatic heterocycles. The zero-order chi connectivity index (χ0) is 29.9. The van der Waals surface area contributed by atoms with Gasteiger partial charge in [0.2, 0.25) is 0 Å². The Bertz CT molecular complexity index is 1550. The van der Waals surface area contributed by atoms with Crippen LogP contribution in [0.4, 0.5) is 11.4 Å². The third-order valence-electron chi connectivity index (χ3n) is 7.91. The Morgan fingerprint density at radius 3 is 2.55 bits per heavy atom.